The van der Waals surface area contributed by atoms with Crippen molar-refractivity contribution >= 4 is 35.0 Å². The quantitative estimate of drug-likeness (QED) is 0.803. The van der Waals surface area contributed by atoms with E-state index >= 15 is 0 Å². The maximum absolute atomic E-state index is 13.2. The van der Waals surface area contributed by atoms with Crippen molar-refractivity contribution in [3.63, 3.8) is 0 Å². The van der Waals surface area contributed by atoms with E-state index < -0.39 is 5.82 Å². The van der Waals surface area contributed by atoms with Gasteiger partial charge in [-0.15, -0.1) is 0 Å². The summed E-state index contributed by atoms with van der Waals surface area (Å²) >= 11 is 7.20. The topological polar surface area (TPSA) is 64.0 Å². The van der Waals surface area contributed by atoms with E-state index in [-0.39, 0.29) is 29.0 Å². The van der Waals surface area contributed by atoms with Crippen LogP contribution in [0.3, 0.4) is 0 Å². The number of aryl methyl sites for hydroxylation is 1. The molecule has 0 spiro atoms. The smallest absolute Gasteiger partial charge is 0.254 e. The van der Waals surface area contributed by atoms with Crippen LogP contribution in [0.2, 0.25) is 5.02 Å². The van der Waals surface area contributed by atoms with Crippen molar-refractivity contribution in [2.24, 2.45) is 0 Å². The number of hydrogen-bond acceptors (Lipinski definition) is 4. The molecule has 2 aromatic rings. The highest BCUT2D eigenvalue weighted by atomic mass is 35.5. The number of amides is 1. The average molecular weight is 382 g/mol. The highest BCUT2D eigenvalue weighted by Gasteiger charge is 2.27. The van der Waals surface area contributed by atoms with Crippen LogP contribution in [0.15, 0.2) is 34.2 Å². The monoisotopic (exact) mass is 381 g/mol. The van der Waals surface area contributed by atoms with Crippen molar-refractivity contribution in [3.05, 3.63) is 51.2 Å². The van der Waals surface area contributed by atoms with Gasteiger partial charge in [0.05, 0.1) is 11.1 Å². The zero-order chi connectivity index (χ0) is 18.0. The first-order chi connectivity index (χ1) is 12.0. The van der Waals surface area contributed by atoms with Crippen molar-refractivity contribution < 1.29 is 9.18 Å². The van der Waals surface area contributed by atoms with Crippen molar-refractivity contribution in [3.8, 4) is 0 Å². The van der Waals surface area contributed by atoms with Gasteiger partial charge in [0.1, 0.15) is 5.82 Å². The minimum Gasteiger partial charge on any atom is -0.326 e. The number of fused-ring (bicyclic) bond motifs is 1. The Balaban J connectivity index is 1.72. The van der Waals surface area contributed by atoms with Crippen molar-refractivity contribution in [2.75, 3.05) is 11.1 Å². The first-order valence-electron chi connectivity index (χ1n) is 7.98. The van der Waals surface area contributed by atoms with Crippen LogP contribution in [0, 0.1) is 5.82 Å². The molecule has 1 amide bonds. The Hall–Kier alpha value is -1.86. The maximum atomic E-state index is 13.2. The number of benzene rings is 1. The third-order valence-corrected chi connectivity index (χ3v) is 5.26. The lowest BCUT2D eigenvalue weighted by Crippen LogP contribution is -2.27. The number of hydrogen-bond donors (Lipinski definition) is 1. The fourth-order valence-corrected chi connectivity index (χ4v) is 4.08. The Kier molecular flexibility index (Phi) is 5.44. The van der Waals surface area contributed by atoms with Crippen LogP contribution in [0.5, 0.6) is 0 Å². The van der Waals surface area contributed by atoms with Gasteiger partial charge in [0.2, 0.25) is 5.91 Å². The molecule has 1 aromatic carbocycles. The minimum atomic E-state index is -0.540. The Bertz CT molecular complexity index is 871. The van der Waals surface area contributed by atoms with Crippen LogP contribution in [0.25, 0.3) is 0 Å². The molecule has 1 aliphatic rings. The zero-order valence-corrected chi connectivity index (χ0v) is 15.2. The number of carbonyl (C=O) groups excluding carboxylic acids is 1. The van der Waals surface area contributed by atoms with Gasteiger partial charge in [-0.1, -0.05) is 36.7 Å². The van der Waals surface area contributed by atoms with Crippen LogP contribution in [-0.2, 0) is 11.2 Å². The molecule has 0 fully saturated rings. The zero-order valence-electron chi connectivity index (χ0n) is 13.6. The summed E-state index contributed by atoms with van der Waals surface area (Å²) in [6.07, 6.45) is 1.83. The number of halogens is 2. The summed E-state index contributed by atoms with van der Waals surface area (Å²) in [6.45, 7) is 2.04. The molecular weight excluding hydrogens is 365 g/mol. The van der Waals surface area contributed by atoms with Gasteiger partial charge in [0.25, 0.3) is 5.56 Å². The summed E-state index contributed by atoms with van der Waals surface area (Å²) in [5.74, 6) is -0.179. The van der Waals surface area contributed by atoms with Gasteiger partial charge >= 0.3 is 0 Å². The SMILES string of the molecule is CCCc1cc(=O)n2c(n1)SCC2CC(=O)Nc1ccc(F)c(Cl)c1. The van der Waals surface area contributed by atoms with Crippen LogP contribution in [-0.4, -0.2) is 21.2 Å². The fourth-order valence-electron chi connectivity index (χ4n) is 2.73. The molecule has 0 bridgehead atoms. The number of nitrogens with one attached hydrogen (secondary N) is 1. The summed E-state index contributed by atoms with van der Waals surface area (Å²) in [5, 5.41) is 3.30. The minimum absolute atomic E-state index is 0.0524. The van der Waals surface area contributed by atoms with Gasteiger partial charge in [-0.3, -0.25) is 14.2 Å². The largest absolute Gasteiger partial charge is 0.326 e. The summed E-state index contributed by atoms with van der Waals surface area (Å²) < 4.78 is 14.8. The van der Waals surface area contributed by atoms with Crippen molar-refractivity contribution in [2.45, 2.75) is 37.4 Å². The van der Waals surface area contributed by atoms with E-state index in [9.17, 15) is 14.0 Å². The first-order valence-corrected chi connectivity index (χ1v) is 9.34. The molecule has 132 valence electrons. The van der Waals surface area contributed by atoms with Crippen LogP contribution < -0.4 is 10.9 Å². The highest BCUT2D eigenvalue weighted by molar-refractivity contribution is 7.99. The normalized spacial score (nSPS) is 15.9. The molecule has 25 heavy (non-hydrogen) atoms. The Morgan fingerprint density at radius 1 is 1.48 bits per heavy atom. The summed E-state index contributed by atoms with van der Waals surface area (Å²) in [5.41, 5.74) is 1.09. The lowest BCUT2D eigenvalue weighted by molar-refractivity contribution is -0.116. The molecule has 3 rings (SSSR count). The van der Waals surface area contributed by atoms with E-state index in [1.165, 1.54) is 30.0 Å². The van der Waals surface area contributed by atoms with E-state index in [2.05, 4.69) is 10.3 Å². The van der Waals surface area contributed by atoms with Gasteiger partial charge in [-0.2, -0.15) is 0 Å². The second-order valence-electron chi connectivity index (χ2n) is 5.83. The van der Waals surface area contributed by atoms with E-state index in [4.69, 9.17) is 11.6 Å². The average Bonchev–Trinajstić information content (AvgIpc) is 2.94. The predicted molar refractivity (Wildman–Crippen MR) is 96.9 cm³/mol. The predicted octanol–water partition coefficient (Wildman–Crippen LogP) is 3.66. The first kappa shape index (κ1) is 17.9. The van der Waals surface area contributed by atoms with Crippen molar-refractivity contribution in [1.82, 2.24) is 9.55 Å². The number of nitrogens with zero attached hydrogens (tertiary/aromatic N) is 2. The summed E-state index contributed by atoms with van der Waals surface area (Å²) in [7, 11) is 0. The number of aromatic nitrogens is 2. The Morgan fingerprint density at radius 2 is 2.28 bits per heavy atom. The lowest BCUT2D eigenvalue weighted by atomic mass is 10.2. The standard InChI is InChI=1S/C17H17ClFN3O2S/c1-2-3-10-7-16(24)22-12(9-25-17(22)21-10)8-15(23)20-11-4-5-14(19)13(18)6-11/h4-7,12H,2-3,8-9H2,1H3,(H,20,23). The third-order valence-electron chi connectivity index (χ3n) is 3.87. The molecule has 0 saturated heterocycles. The van der Waals surface area contributed by atoms with Crippen LogP contribution >= 0.6 is 23.4 Å². The highest BCUT2D eigenvalue weighted by Crippen LogP contribution is 2.32. The fraction of sp³-hybridized carbons (Fsp3) is 0.353. The van der Waals surface area contributed by atoms with E-state index in [0.717, 1.165) is 18.5 Å². The molecule has 0 radical (unpaired) electrons. The Morgan fingerprint density at radius 3 is 3.00 bits per heavy atom. The molecule has 2 heterocycles. The molecule has 0 saturated carbocycles. The van der Waals surface area contributed by atoms with E-state index in [0.29, 0.717) is 16.6 Å². The summed E-state index contributed by atoms with van der Waals surface area (Å²) in [6, 6.07) is 5.30. The molecule has 8 heteroatoms. The summed E-state index contributed by atoms with van der Waals surface area (Å²) in [4.78, 5) is 29.1. The van der Waals surface area contributed by atoms with Gasteiger partial charge in [0, 0.05) is 29.6 Å². The third kappa shape index (κ3) is 4.04. The molecule has 1 aromatic heterocycles. The molecule has 1 atom stereocenters. The van der Waals surface area contributed by atoms with Gasteiger partial charge in [-0.05, 0) is 24.6 Å². The Labute approximate surface area is 153 Å². The van der Waals surface area contributed by atoms with Gasteiger partial charge in [0.15, 0.2) is 5.16 Å². The molecule has 1 N–H and O–H groups in total. The molecule has 1 unspecified atom stereocenters. The van der Waals surface area contributed by atoms with E-state index in [1.54, 1.807) is 10.6 Å². The van der Waals surface area contributed by atoms with E-state index in [1.807, 2.05) is 6.92 Å². The molecule has 5 nitrogen and oxygen atoms in total. The number of thioether (sulfide) groups is 1. The van der Waals surface area contributed by atoms with Crippen LogP contribution in [0.4, 0.5) is 10.1 Å². The molecular formula is C17H17ClFN3O2S. The van der Waals surface area contributed by atoms with Crippen molar-refractivity contribution in [1.29, 1.82) is 0 Å². The van der Waals surface area contributed by atoms with Crippen LogP contribution in [0.1, 0.15) is 31.5 Å². The number of rotatable bonds is 5. The second kappa shape index (κ2) is 7.58. The van der Waals surface area contributed by atoms with Gasteiger partial charge in [-0.25, -0.2) is 9.37 Å². The maximum Gasteiger partial charge on any atom is 0.254 e. The number of carbonyl (C=O) groups is 1. The van der Waals surface area contributed by atoms with Gasteiger partial charge < -0.3 is 5.32 Å². The lowest BCUT2D eigenvalue weighted by Gasteiger charge is -2.13. The second-order valence-corrected chi connectivity index (χ2v) is 7.23. The molecule has 0 aliphatic carbocycles. The molecule has 1 aliphatic heterocycles. The number of anilines is 1.